The number of halogens is 2. The highest BCUT2D eigenvalue weighted by Crippen LogP contribution is 2.47. The Morgan fingerprint density at radius 1 is 1.25 bits per heavy atom. The zero-order valence-corrected chi connectivity index (χ0v) is 12.7. The molecule has 0 radical (unpaired) electrons. The number of nitrogens with one attached hydrogen (secondary N) is 2. The molecule has 2 aliphatic carbocycles. The SMILES string of the molecule is O=C(NC[C@@H]1C[C@H]2CC[C@H]1C2)Nc1ccc(Cl)cc1Cl. The van der Waals surface area contributed by atoms with Gasteiger partial charge < -0.3 is 10.6 Å². The zero-order valence-electron chi connectivity index (χ0n) is 11.2. The van der Waals surface area contributed by atoms with Crippen LogP contribution < -0.4 is 10.6 Å². The molecule has 3 atom stereocenters. The summed E-state index contributed by atoms with van der Waals surface area (Å²) in [5.74, 6) is 2.38. The van der Waals surface area contributed by atoms with Gasteiger partial charge in [0.25, 0.3) is 0 Å². The Balaban J connectivity index is 1.50. The van der Waals surface area contributed by atoms with E-state index >= 15 is 0 Å². The van der Waals surface area contributed by atoms with Crippen molar-refractivity contribution in [2.45, 2.75) is 25.7 Å². The van der Waals surface area contributed by atoms with Crippen LogP contribution in [0.5, 0.6) is 0 Å². The van der Waals surface area contributed by atoms with Crippen LogP contribution in [-0.2, 0) is 0 Å². The highest BCUT2D eigenvalue weighted by atomic mass is 35.5. The molecule has 0 spiro atoms. The maximum absolute atomic E-state index is 11.9. The van der Waals surface area contributed by atoms with Crippen LogP contribution in [-0.4, -0.2) is 12.6 Å². The highest BCUT2D eigenvalue weighted by Gasteiger charge is 2.39. The van der Waals surface area contributed by atoms with E-state index in [-0.39, 0.29) is 6.03 Å². The molecule has 2 aliphatic rings. The molecule has 2 N–H and O–H groups in total. The molecule has 20 heavy (non-hydrogen) atoms. The summed E-state index contributed by atoms with van der Waals surface area (Å²) >= 11 is 11.8. The molecule has 0 saturated heterocycles. The van der Waals surface area contributed by atoms with Crippen molar-refractivity contribution in [2.75, 3.05) is 11.9 Å². The van der Waals surface area contributed by atoms with Gasteiger partial charge in [0.1, 0.15) is 0 Å². The maximum atomic E-state index is 11.9. The van der Waals surface area contributed by atoms with E-state index in [1.807, 2.05) is 0 Å². The van der Waals surface area contributed by atoms with Crippen LogP contribution in [0, 0.1) is 17.8 Å². The average molecular weight is 313 g/mol. The monoisotopic (exact) mass is 312 g/mol. The van der Waals surface area contributed by atoms with Gasteiger partial charge in [0.15, 0.2) is 0 Å². The molecular weight excluding hydrogens is 295 g/mol. The van der Waals surface area contributed by atoms with E-state index in [4.69, 9.17) is 23.2 Å². The number of anilines is 1. The minimum Gasteiger partial charge on any atom is -0.338 e. The molecule has 2 amide bonds. The van der Waals surface area contributed by atoms with Crippen LogP contribution in [0.2, 0.25) is 10.0 Å². The summed E-state index contributed by atoms with van der Waals surface area (Å²) in [6, 6.07) is 4.84. The summed E-state index contributed by atoms with van der Waals surface area (Å²) in [4.78, 5) is 11.9. The van der Waals surface area contributed by atoms with Crippen LogP contribution in [0.4, 0.5) is 10.5 Å². The van der Waals surface area contributed by atoms with Crippen molar-refractivity contribution in [1.82, 2.24) is 5.32 Å². The van der Waals surface area contributed by atoms with Crippen molar-refractivity contribution >= 4 is 34.9 Å². The van der Waals surface area contributed by atoms with E-state index in [1.54, 1.807) is 18.2 Å². The highest BCUT2D eigenvalue weighted by molar-refractivity contribution is 6.36. The molecule has 0 heterocycles. The van der Waals surface area contributed by atoms with Crippen molar-refractivity contribution in [1.29, 1.82) is 0 Å². The number of carbonyl (C=O) groups excluding carboxylic acids is 1. The number of amides is 2. The van der Waals surface area contributed by atoms with E-state index in [0.29, 0.717) is 21.7 Å². The molecule has 2 saturated carbocycles. The summed E-state index contributed by atoms with van der Waals surface area (Å²) in [7, 11) is 0. The number of carbonyl (C=O) groups is 1. The number of rotatable bonds is 3. The molecule has 1 aromatic carbocycles. The lowest BCUT2D eigenvalue weighted by Gasteiger charge is -2.22. The lowest BCUT2D eigenvalue weighted by molar-refractivity contribution is 0.245. The lowest BCUT2D eigenvalue weighted by atomic mass is 9.89. The molecule has 3 nitrogen and oxygen atoms in total. The number of hydrogen-bond acceptors (Lipinski definition) is 1. The van der Waals surface area contributed by atoms with Gasteiger partial charge in [-0.15, -0.1) is 0 Å². The van der Waals surface area contributed by atoms with Gasteiger partial charge in [0.05, 0.1) is 10.7 Å². The number of fused-ring (bicyclic) bond motifs is 2. The minimum atomic E-state index is -0.197. The Bertz CT molecular complexity index is 521. The molecule has 0 unspecified atom stereocenters. The van der Waals surface area contributed by atoms with E-state index in [2.05, 4.69) is 10.6 Å². The molecular formula is C15H18Cl2N2O. The van der Waals surface area contributed by atoms with Crippen LogP contribution in [0.3, 0.4) is 0 Å². The Morgan fingerprint density at radius 2 is 2.10 bits per heavy atom. The molecule has 5 heteroatoms. The zero-order chi connectivity index (χ0) is 14.1. The topological polar surface area (TPSA) is 41.1 Å². The quantitative estimate of drug-likeness (QED) is 0.844. The molecule has 1 aromatic rings. The number of benzene rings is 1. The van der Waals surface area contributed by atoms with Crippen LogP contribution >= 0.6 is 23.2 Å². The summed E-state index contributed by atoms with van der Waals surface area (Å²) < 4.78 is 0. The van der Waals surface area contributed by atoms with Gasteiger partial charge >= 0.3 is 6.03 Å². The van der Waals surface area contributed by atoms with Crippen molar-refractivity contribution in [2.24, 2.45) is 17.8 Å². The maximum Gasteiger partial charge on any atom is 0.319 e. The molecule has 0 aliphatic heterocycles. The fourth-order valence-corrected chi connectivity index (χ4v) is 4.06. The van der Waals surface area contributed by atoms with E-state index < -0.39 is 0 Å². The Kier molecular flexibility index (Phi) is 4.08. The van der Waals surface area contributed by atoms with E-state index in [1.165, 1.54) is 25.7 Å². The van der Waals surface area contributed by atoms with Crippen LogP contribution in [0.15, 0.2) is 18.2 Å². The largest absolute Gasteiger partial charge is 0.338 e. The first kappa shape index (κ1) is 14.0. The number of hydrogen-bond donors (Lipinski definition) is 2. The third kappa shape index (κ3) is 3.04. The predicted molar refractivity (Wildman–Crippen MR) is 82.4 cm³/mol. The normalized spacial score (nSPS) is 27.6. The first-order valence-electron chi connectivity index (χ1n) is 7.11. The summed E-state index contributed by atoms with van der Waals surface area (Å²) in [6.07, 6.45) is 5.35. The van der Waals surface area contributed by atoms with E-state index in [0.717, 1.165) is 18.4 Å². The number of urea groups is 1. The van der Waals surface area contributed by atoms with Crippen LogP contribution in [0.1, 0.15) is 25.7 Å². The van der Waals surface area contributed by atoms with Gasteiger partial charge in [-0.1, -0.05) is 29.6 Å². The molecule has 108 valence electrons. The van der Waals surface area contributed by atoms with Crippen molar-refractivity contribution in [3.05, 3.63) is 28.2 Å². The third-order valence-electron chi connectivity index (χ3n) is 4.59. The van der Waals surface area contributed by atoms with Gasteiger partial charge in [0, 0.05) is 11.6 Å². The van der Waals surface area contributed by atoms with Gasteiger partial charge in [-0.25, -0.2) is 4.79 Å². The molecule has 3 rings (SSSR count). The summed E-state index contributed by atoms with van der Waals surface area (Å²) in [5.41, 5.74) is 0.585. The predicted octanol–water partition coefficient (Wildman–Crippen LogP) is 4.55. The van der Waals surface area contributed by atoms with Crippen molar-refractivity contribution < 1.29 is 4.79 Å². The summed E-state index contributed by atoms with van der Waals surface area (Å²) in [5, 5.41) is 6.73. The summed E-state index contributed by atoms with van der Waals surface area (Å²) in [6.45, 7) is 0.762. The molecule has 2 bridgehead atoms. The standard InChI is InChI=1S/C15H18Cl2N2O/c16-12-3-4-14(13(17)7-12)19-15(20)18-8-11-6-9-1-2-10(11)5-9/h3-4,7,9-11H,1-2,5-6,8H2,(H2,18,19,20)/t9-,10-,11-/m0/s1. The van der Waals surface area contributed by atoms with Crippen molar-refractivity contribution in [3.63, 3.8) is 0 Å². The van der Waals surface area contributed by atoms with E-state index in [9.17, 15) is 4.79 Å². The second kappa shape index (κ2) is 5.82. The van der Waals surface area contributed by atoms with Gasteiger partial charge in [-0.2, -0.15) is 0 Å². The van der Waals surface area contributed by atoms with Gasteiger partial charge in [0.2, 0.25) is 0 Å². The van der Waals surface area contributed by atoms with Gasteiger partial charge in [-0.3, -0.25) is 0 Å². The Morgan fingerprint density at radius 3 is 2.75 bits per heavy atom. The minimum absolute atomic E-state index is 0.197. The Hall–Kier alpha value is -0.930. The second-order valence-corrected chi connectivity index (χ2v) is 6.74. The second-order valence-electron chi connectivity index (χ2n) is 5.89. The molecule has 0 aromatic heterocycles. The lowest BCUT2D eigenvalue weighted by Crippen LogP contribution is -2.34. The fraction of sp³-hybridized carbons (Fsp3) is 0.533. The Labute approximate surface area is 129 Å². The fourth-order valence-electron chi connectivity index (χ4n) is 3.61. The van der Waals surface area contributed by atoms with Crippen molar-refractivity contribution in [3.8, 4) is 0 Å². The van der Waals surface area contributed by atoms with Gasteiger partial charge in [-0.05, 0) is 55.2 Å². The average Bonchev–Trinajstić information content (AvgIpc) is 3.02. The third-order valence-corrected chi connectivity index (χ3v) is 5.14. The van der Waals surface area contributed by atoms with Crippen LogP contribution in [0.25, 0.3) is 0 Å². The first-order valence-corrected chi connectivity index (χ1v) is 7.87. The smallest absolute Gasteiger partial charge is 0.319 e. The first-order chi connectivity index (χ1) is 9.61. The molecule has 2 fully saturated rings.